The monoisotopic (exact) mass is 273 g/mol. The molecule has 4 nitrogen and oxygen atoms in total. The molecule has 1 rings (SSSR count). The molecule has 0 bridgehead atoms. The lowest BCUT2D eigenvalue weighted by molar-refractivity contribution is -0.139. The zero-order chi connectivity index (χ0) is 12.3. The molecule has 0 aliphatic rings. The Morgan fingerprint density at radius 1 is 1.47 bits per heavy atom. The average Bonchev–Trinajstić information content (AvgIpc) is 2.46. The molecule has 1 aromatic rings. The maximum Gasteiger partial charge on any atom is 0.392 e. The van der Waals surface area contributed by atoms with Gasteiger partial charge < -0.3 is 10.5 Å². The largest absolute Gasteiger partial charge is 0.475 e. The van der Waals surface area contributed by atoms with Gasteiger partial charge in [0.2, 0.25) is 0 Å². The van der Waals surface area contributed by atoms with Gasteiger partial charge in [0.15, 0.2) is 0 Å². The predicted octanol–water partition coefficient (Wildman–Crippen LogP) is 2.80. The van der Waals surface area contributed by atoms with Crippen molar-refractivity contribution in [2.45, 2.75) is 32.5 Å². The third-order valence-corrected chi connectivity index (χ3v) is 1.88. The van der Waals surface area contributed by atoms with Crippen LogP contribution in [-0.4, -0.2) is 22.6 Å². The number of rotatable bonds is 4. The van der Waals surface area contributed by atoms with Gasteiger partial charge in [0, 0.05) is 6.04 Å². The number of hydrogen-bond donors (Lipinski definition) is 1. The van der Waals surface area contributed by atoms with Gasteiger partial charge in [-0.1, -0.05) is 0 Å². The zero-order valence-electron chi connectivity index (χ0n) is 9.49. The highest BCUT2D eigenvalue weighted by Crippen LogP contribution is 2.23. The summed E-state index contributed by atoms with van der Waals surface area (Å²) in [6.45, 7) is 3.29. The Kier molecular flexibility index (Phi) is 5.60. The van der Waals surface area contributed by atoms with Gasteiger partial charge in [-0.05, 0) is 13.8 Å². The molecule has 0 aliphatic carbocycles. The Morgan fingerprint density at radius 3 is 2.47 bits per heavy atom. The van der Waals surface area contributed by atoms with Crippen molar-refractivity contribution >= 4 is 18.1 Å². The molecular formula is C9H15ClF3N3O. The minimum Gasteiger partial charge on any atom is -0.475 e. The van der Waals surface area contributed by atoms with E-state index >= 15 is 0 Å². The number of alkyl halides is 3. The van der Waals surface area contributed by atoms with Gasteiger partial charge >= 0.3 is 6.18 Å². The summed E-state index contributed by atoms with van der Waals surface area (Å²) in [5.74, 6) is 0.0537. The van der Waals surface area contributed by atoms with Crippen LogP contribution in [0.4, 0.5) is 18.9 Å². The Hall–Kier alpha value is -1.11. The van der Waals surface area contributed by atoms with Crippen LogP contribution >= 0.6 is 12.4 Å². The summed E-state index contributed by atoms with van der Waals surface area (Å²) in [6.07, 6.45) is -3.70. The minimum atomic E-state index is -4.23. The summed E-state index contributed by atoms with van der Waals surface area (Å²) >= 11 is 0. The van der Waals surface area contributed by atoms with Gasteiger partial charge in [0.1, 0.15) is 5.69 Å². The van der Waals surface area contributed by atoms with Crippen molar-refractivity contribution in [1.82, 2.24) is 9.78 Å². The second-order valence-electron chi connectivity index (χ2n) is 3.68. The smallest absolute Gasteiger partial charge is 0.392 e. The lowest BCUT2D eigenvalue weighted by atomic mass is 10.4. The molecule has 1 aromatic heterocycles. The highest BCUT2D eigenvalue weighted by atomic mass is 35.5. The standard InChI is InChI=1S/C9H14F3N3O.ClH/c1-6(2)15-5-7(13)8(14-15)16-4-3-9(10,11)12;/h5-6H,3-4,13H2,1-2H3;1H. The van der Waals surface area contributed by atoms with Crippen molar-refractivity contribution in [2.75, 3.05) is 12.3 Å². The Morgan fingerprint density at radius 2 is 2.06 bits per heavy atom. The molecule has 1 heterocycles. The molecule has 0 atom stereocenters. The van der Waals surface area contributed by atoms with Crippen molar-refractivity contribution in [2.24, 2.45) is 0 Å². The first-order chi connectivity index (χ1) is 7.29. The first kappa shape index (κ1) is 15.9. The van der Waals surface area contributed by atoms with E-state index in [1.807, 2.05) is 13.8 Å². The molecule has 8 heteroatoms. The molecular weight excluding hydrogens is 259 g/mol. The van der Waals surface area contributed by atoms with E-state index in [9.17, 15) is 13.2 Å². The van der Waals surface area contributed by atoms with E-state index in [0.29, 0.717) is 0 Å². The normalized spacial score (nSPS) is 11.4. The zero-order valence-corrected chi connectivity index (χ0v) is 10.3. The third kappa shape index (κ3) is 5.16. The number of ether oxygens (including phenoxy) is 1. The molecule has 0 amide bonds. The summed E-state index contributed by atoms with van der Waals surface area (Å²) in [6, 6.07) is 0.0854. The summed E-state index contributed by atoms with van der Waals surface area (Å²) in [4.78, 5) is 0. The lowest BCUT2D eigenvalue weighted by Crippen LogP contribution is -2.13. The van der Waals surface area contributed by atoms with E-state index in [4.69, 9.17) is 10.5 Å². The fraction of sp³-hybridized carbons (Fsp3) is 0.667. The van der Waals surface area contributed by atoms with Gasteiger partial charge in [0.25, 0.3) is 5.88 Å². The third-order valence-electron chi connectivity index (χ3n) is 1.88. The van der Waals surface area contributed by atoms with Gasteiger partial charge in [-0.3, -0.25) is 4.68 Å². The molecule has 0 saturated carbocycles. The van der Waals surface area contributed by atoms with E-state index in [2.05, 4.69) is 5.10 Å². The van der Waals surface area contributed by atoms with E-state index in [1.165, 1.54) is 10.9 Å². The second kappa shape index (κ2) is 6.00. The summed E-state index contributed by atoms with van der Waals surface area (Å²) in [7, 11) is 0. The maximum atomic E-state index is 11.9. The van der Waals surface area contributed by atoms with Crippen LogP contribution in [0.15, 0.2) is 6.20 Å². The molecule has 0 spiro atoms. The molecule has 100 valence electrons. The second-order valence-corrected chi connectivity index (χ2v) is 3.68. The first-order valence-corrected chi connectivity index (χ1v) is 4.84. The molecule has 0 fully saturated rings. The quantitative estimate of drug-likeness (QED) is 0.918. The Bertz CT molecular complexity index is 352. The minimum absolute atomic E-state index is 0. The van der Waals surface area contributed by atoms with Crippen molar-refractivity contribution in [3.8, 4) is 5.88 Å². The number of aromatic nitrogens is 2. The molecule has 17 heavy (non-hydrogen) atoms. The highest BCUT2D eigenvalue weighted by molar-refractivity contribution is 5.85. The van der Waals surface area contributed by atoms with Crippen LogP contribution in [0, 0.1) is 0 Å². The topological polar surface area (TPSA) is 53.1 Å². The molecule has 0 radical (unpaired) electrons. The van der Waals surface area contributed by atoms with Gasteiger partial charge in [-0.2, -0.15) is 13.2 Å². The molecule has 0 aromatic carbocycles. The summed E-state index contributed by atoms with van der Waals surface area (Å²) < 4.78 is 42.0. The number of nitrogen functional groups attached to an aromatic ring is 1. The highest BCUT2D eigenvalue weighted by Gasteiger charge is 2.27. The van der Waals surface area contributed by atoms with Crippen LogP contribution < -0.4 is 10.5 Å². The van der Waals surface area contributed by atoms with Crippen molar-refractivity contribution < 1.29 is 17.9 Å². The molecule has 0 saturated heterocycles. The van der Waals surface area contributed by atoms with E-state index in [-0.39, 0.29) is 30.0 Å². The van der Waals surface area contributed by atoms with Crippen LogP contribution in [-0.2, 0) is 0 Å². The number of halogens is 4. The summed E-state index contributed by atoms with van der Waals surface area (Å²) in [5.41, 5.74) is 5.79. The van der Waals surface area contributed by atoms with Crippen molar-refractivity contribution in [3.63, 3.8) is 0 Å². The van der Waals surface area contributed by atoms with Crippen LogP contribution in [0.25, 0.3) is 0 Å². The number of nitrogens with zero attached hydrogens (tertiary/aromatic N) is 2. The van der Waals surface area contributed by atoms with Gasteiger partial charge in [-0.15, -0.1) is 17.5 Å². The van der Waals surface area contributed by atoms with E-state index in [0.717, 1.165) is 0 Å². The molecule has 2 N–H and O–H groups in total. The van der Waals surface area contributed by atoms with Gasteiger partial charge in [-0.25, -0.2) is 0 Å². The molecule has 0 aliphatic heterocycles. The van der Waals surface area contributed by atoms with Crippen LogP contribution in [0.2, 0.25) is 0 Å². The van der Waals surface area contributed by atoms with Crippen LogP contribution in [0.1, 0.15) is 26.3 Å². The van der Waals surface area contributed by atoms with Crippen LogP contribution in [0.5, 0.6) is 5.88 Å². The Balaban J connectivity index is 0.00000256. The maximum absolute atomic E-state index is 11.9. The number of nitrogens with two attached hydrogens (primary N) is 1. The fourth-order valence-corrected chi connectivity index (χ4v) is 1.03. The van der Waals surface area contributed by atoms with Gasteiger partial charge in [0.05, 0.1) is 19.2 Å². The molecule has 0 unspecified atom stereocenters. The fourth-order valence-electron chi connectivity index (χ4n) is 1.03. The number of hydrogen-bond acceptors (Lipinski definition) is 3. The number of anilines is 1. The Labute approximate surface area is 103 Å². The van der Waals surface area contributed by atoms with Crippen LogP contribution in [0.3, 0.4) is 0 Å². The lowest BCUT2D eigenvalue weighted by Gasteiger charge is -2.07. The SMILES string of the molecule is CC(C)n1cc(N)c(OCCC(F)(F)F)n1.Cl. The average molecular weight is 274 g/mol. The first-order valence-electron chi connectivity index (χ1n) is 4.84. The van der Waals surface area contributed by atoms with Crippen molar-refractivity contribution in [3.05, 3.63) is 6.20 Å². The van der Waals surface area contributed by atoms with Crippen molar-refractivity contribution in [1.29, 1.82) is 0 Å². The predicted molar refractivity (Wildman–Crippen MR) is 60.4 cm³/mol. The summed E-state index contributed by atoms with van der Waals surface area (Å²) in [5, 5.41) is 3.93. The van der Waals surface area contributed by atoms with E-state index in [1.54, 1.807) is 0 Å². The van der Waals surface area contributed by atoms with E-state index < -0.39 is 19.2 Å².